The normalized spacial score (nSPS) is 29.2. The molecule has 4 nitrogen and oxygen atoms in total. The molecule has 3 rings (SSSR count). The molecule has 2 aliphatic rings. The molecule has 3 atom stereocenters. The molecule has 21 heavy (non-hydrogen) atoms. The van der Waals surface area contributed by atoms with Gasteiger partial charge in [-0.2, -0.15) is 4.31 Å². The van der Waals surface area contributed by atoms with Crippen LogP contribution in [-0.4, -0.2) is 31.9 Å². The van der Waals surface area contributed by atoms with E-state index in [1.807, 2.05) is 0 Å². The zero-order valence-electron chi connectivity index (χ0n) is 11.2. The number of halogens is 3. The van der Waals surface area contributed by atoms with Crippen molar-refractivity contribution in [3.8, 4) is 0 Å². The van der Waals surface area contributed by atoms with Crippen molar-refractivity contribution in [2.24, 2.45) is 17.6 Å². The molecule has 1 saturated heterocycles. The molecule has 2 N–H and O–H groups in total. The summed E-state index contributed by atoms with van der Waals surface area (Å²) < 4.78 is 27.6. The summed E-state index contributed by atoms with van der Waals surface area (Å²) in [5.41, 5.74) is 6.07. The third kappa shape index (κ3) is 2.99. The minimum absolute atomic E-state index is 0. The third-order valence-electron chi connectivity index (χ3n) is 4.40. The van der Waals surface area contributed by atoms with Crippen molar-refractivity contribution in [2.45, 2.75) is 23.8 Å². The summed E-state index contributed by atoms with van der Waals surface area (Å²) in [5.74, 6) is 0.673. The number of benzene rings is 1. The van der Waals surface area contributed by atoms with Crippen LogP contribution in [0, 0.1) is 11.8 Å². The number of fused-ring (bicyclic) bond motifs is 1. The maximum atomic E-state index is 12.8. The summed E-state index contributed by atoms with van der Waals surface area (Å²) in [6.07, 6.45) is 2.01. The number of hydrogen-bond acceptors (Lipinski definition) is 3. The molecule has 0 aromatic heterocycles. The van der Waals surface area contributed by atoms with E-state index in [1.54, 1.807) is 18.2 Å². The Kier molecular flexibility index (Phi) is 5.28. The minimum Gasteiger partial charge on any atom is -0.327 e. The van der Waals surface area contributed by atoms with Gasteiger partial charge in [-0.1, -0.05) is 17.7 Å². The fourth-order valence-electron chi connectivity index (χ4n) is 3.32. The van der Waals surface area contributed by atoms with E-state index in [4.69, 9.17) is 17.3 Å². The van der Waals surface area contributed by atoms with E-state index in [0.29, 0.717) is 23.5 Å². The minimum atomic E-state index is -3.57. The SMILES string of the molecule is Cl.NC1CCC2CN(S(=O)(=O)c3c(Cl)cccc3Br)CC12. The summed E-state index contributed by atoms with van der Waals surface area (Å²) in [6.45, 7) is 1.06. The van der Waals surface area contributed by atoms with Crippen LogP contribution in [0.15, 0.2) is 27.6 Å². The Balaban J connectivity index is 0.00000161. The van der Waals surface area contributed by atoms with Gasteiger partial charge in [-0.15, -0.1) is 12.4 Å². The molecule has 1 aromatic rings. The lowest BCUT2D eigenvalue weighted by Crippen LogP contribution is -2.33. The van der Waals surface area contributed by atoms with Crippen molar-refractivity contribution in [1.29, 1.82) is 0 Å². The van der Waals surface area contributed by atoms with Crippen LogP contribution in [0.3, 0.4) is 0 Å². The van der Waals surface area contributed by atoms with Gasteiger partial charge in [0.2, 0.25) is 10.0 Å². The van der Waals surface area contributed by atoms with Crippen LogP contribution in [0.2, 0.25) is 5.02 Å². The van der Waals surface area contributed by atoms with E-state index in [1.165, 1.54) is 4.31 Å². The highest BCUT2D eigenvalue weighted by atomic mass is 79.9. The highest BCUT2D eigenvalue weighted by Crippen LogP contribution is 2.41. The Morgan fingerprint density at radius 2 is 2.00 bits per heavy atom. The fraction of sp³-hybridized carbons (Fsp3) is 0.538. The molecule has 3 unspecified atom stereocenters. The van der Waals surface area contributed by atoms with Gasteiger partial charge in [-0.3, -0.25) is 0 Å². The lowest BCUT2D eigenvalue weighted by Gasteiger charge is -2.20. The van der Waals surface area contributed by atoms with E-state index in [9.17, 15) is 8.42 Å². The van der Waals surface area contributed by atoms with Crippen LogP contribution in [-0.2, 0) is 10.0 Å². The molecule has 0 radical (unpaired) electrons. The molecule has 1 saturated carbocycles. The summed E-state index contributed by atoms with van der Waals surface area (Å²) in [7, 11) is -3.57. The first kappa shape index (κ1) is 17.5. The lowest BCUT2D eigenvalue weighted by molar-refractivity contribution is 0.427. The molecular formula is C13H17BrCl2N2O2S. The lowest BCUT2D eigenvalue weighted by atomic mass is 9.98. The number of nitrogens with zero attached hydrogens (tertiary/aromatic N) is 1. The van der Waals surface area contributed by atoms with Crippen LogP contribution < -0.4 is 5.73 Å². The zero-order chi connectivity index (χ0) is 14.5. The molecule has 0 amide bonds. The molecule has 1 heterocycles. The van der Waals surface area contributed by atoms with Gasteiger partial charge in [0.25, 0.3) is 0 Å². The van der Waals surface area contributed by atoms with Crippen molar-refractivity contribution >= 4 is 50.0 Å². The van der Waals surface area contributed by atoms with E-state index < -0.39 is 10.0 Å². The molecule has 0 spiro atoms. The van der Waals surface area contributed by atoms with Crippen molar-refractivity contribution in [2.75, 3.05) is 13.1 Å². The Hall–Kier alpha value is 0.150. The average Bonchev–Trinajstić information content (AvgIpc) is 2.92. The van der Waals surface area contributed by atoms with E-state index >= 15 is 0 Å². The molecule has 2 fully saturated rings. The predicted octanol–water partition coefficient (Wildman–Crippen LogP) is 2.88. The second kappa shape index (κ2) is 6.34. The summed E-state index contributed by atoms with van der Waals surface area (Å²) in [4.78, 5) is 0.162. The zero-order valence-corrected chi connectivity index (χ0v) is 15.2. The van der Waals surface area contributed by atoms with E-state index in [-0.39, 0.29) is 34.3 Å². The van der Waals surface area contributed by atoms with Crippen LogP contribution >= 0.6 is 39.9 Å². The highest BCUT2D eigenvalue weighted by molar-refractivity contribution is 9.10. The maximum absolute atomic E-state index is 12.8. The van der Waals surface area contributed by atoms with Gasteiger partial charge in [-0.25, -0.2) is 8.42 Å². The Bertz CT molecular complexity index is 621. The van der Waals surface area contributed by atoms with Gasteiger partial charge in [-0.05, 0) is 52.7 Å². The standard InChI is InChI=1S/C13H16BrClN2O2S.ClH/c14-10-2-1-3-11(15)13(10)20(18,19)17-6-8-4-5-12(16)9(8)7-17;/h1-3,8-9,12H,4-7,16H2;1H. The molecule has 1 aromatic carbocycles. The van der Waals surface area contributed by atoms with Crippen LogP contribution in [0.1, 0.15) is 12.8 Å². The predicted molar refractivity (Wildman–Crippen MR) is 89.3 cm³/mol. The maximum Gasteiger partial charge on any atom is 0.245 e. The first-order chi connectivity index (χ1) is 9.41. The van der Waals surface area contributed by atoms with E-state index in [0.717, 1.165) is 12.8 Å². The Labute approximate surface area is 144 Å². The van der Waals surface area contributed by atoms with E-state index in [2.05, 4.69) is 15.9 Å². The fourth-order valence-corrected chi connectivity index (χ4v) is 6.53. The first-order valence-corrected chi connectivity index (χ1v) is 9.22. The number of nitrogens with two attached hydrogens (primary N) is 1. The van der Waals surface area contributed by atoms with Gasteiger partial charge in [0.1, 0.15) is 4.90 Å². The molecule has 1 aliphatic heterocycles. The molecule has 0 bridgehead atoms. The molecule has 1 aliphatic carbocycles. The van der Waals surface area contributed by atoms with Gasteiger partial charge >= 0.3 is 0 Å². The monoisotopic (exact) mass is 414 g/mol. The van der Waals surface area contributed by atoms with Crippen molar-refractivity contribution in [1.82, 2.24) is 4.31 Å². The van der Waals surface area contributed by atoms with Crippen molar-refractivity contribution in [3.05, 3.63) is 27.7 Å². The van der Waals surface area contributed by atoms with Gasteiger partial charge in [0.05, 0.1) is 5.02 Å². The van der Waals surface area contributed by atoms with Gasteiger partial charge in [0.15, 0.2) is 0 Å². The number of sulfonamides is 1. The van der Waals surface area contributed by atoms with Crippen LogP contribution in [0.5, 0.6) is 0 Å². The van der Waals surface area contributed by atoms with Gasteiger partial charge < -0.3 is 5.73 Å². The molecule has 118 valence electrons. The number of rotatable bonds is 2. The highest BCUT2D eigenvalue weighted by Gasteiger charge is 2.45. The number of hydrogen-bond donors (Lipinski definition) is 1. The second-order valence-corrected chi connectivity index (χ2v) is 8.67. The Morgan fingerprint density at radius 1 is 1.29 bits per heavy atom. The van der Waals surface area contributed by atoms with Gasteiger partial charge in [0, 0.05) is 23.6 Å². The topological polar surface area (TPSA) is 63.4 Å². The van der Waals surface area contributed by atoms with Crippen LogP contribution in [0.25, 0.3) is 0 Å². The second-order valence-electron chi connectivity index (χ2n) is 5.54. The average molecular weight is 416 g/mol. The summed E-state index contributed by atoms with van der Waals surface area (Å²) in [5, 5.41) is 0.251. The molecule has 8 heteroatoms. The quantitative estimate of drug-likeness (QED) is 0.807. The van der Waals surface area contributed by atoms with Crippen molar-refractivity contribution in [3.63, 3.8) is 0 Å². The third-order valence-corrected chi connectivity index (χ3v) is 7.68. The summed E-state index contributed by atoms with van der Waals surface area (Å²) >= 11 is 9.37. The summed E-state index contributed by atoms with van der Waals surface area (Å²) in [6, 6.07) is 5.14. The first-order valence-electron chi connectivity index (χ1n) is 6.61. The van der Waals surface area contributed by atoms with Crippen LogP contribution in [0.4, 0.5) is 0 Å². The van der Waals surface area contributed by atoms with Crippen molar-refractivity contribution < 1.29 is 8.42 Å². The smallest absolute Gasteiger partial charge is 0.245 e. The molecular weight excluding hydrogens is 399 g/mol. The largest absolute Gasteiger partial charge is 0.327 e. The Morgan fingerprint density at radius 3 is 2.62 bits per heavy atom.